The second-order valence-electron chi connectivity index (χ2n) is 6.34. The first kappa shape index (κ1) is 15.4. The van der Waals surface area contributed by atoms with Crippen LogP contribution >= 0.6 is 0 Å². The molecule has 2 rings (SSSR count). The lowest BCUT2D eigenvalue weighted by Gasteiger charge is -2.17. The minimum absolute atomic E-state index is 0.0517. The molecule has 0 fully saturated rings. The van der Waals surface area contributed by atoms with Crippen LogP contribution in [-0.2, 0) is 12.1 Å². The highest BCUT2D eigenvalue weighted by Crippen LogP contribution is 2.25. The van der Waals surface area contributed by atoms with Gasteiger partial charge in [-0.2, -0.15) is 0 Å². The Morgan fingerprint density at radius 3 is 2.57 bits per heavy atom. The largest absolute Gasteiger partial charge is 0.489 e. The van der Waals surface area contributed by atoms with Gasteiger partial charge >= 0.3 is 0 Å². The Bertz CT molecular complexity index is 584. The molecule has 5 heteroatoms. The minimum Gasteiger partial charge on any atom is -0.489 e. The number of aromatic nitrogens is 3. The Morgan fingerprint density at radius 1 is 1.24 bits per heavy atom. The Labute approximate surface area is 126 Å². The van der Waals surface area contributed by atoms with Crippen molar-refractivity contribution in [2.45, 2.75) is 52.8 Å². The standard InChI is InChI=1S/C16H24N4O/c1-12(2)21-15-9-7-6-8-14(15)17-10-13-11-20(19-18-13)16(3,4)5/h6-9,11-12,17H,10H2,1-5H3. The van der Waals surface area contributed by atoms with E-state index < -0.39 is 0 Å². The van der Waals surface area contributed by atoms with Gasteiger partial charge in [0.15, 0.2) is 0 Å². The molecule has 1 aromatic carbocycles. The zero-order valence-electron chi connectivity index (χ0n) is 13.4. The number of benzene rings is 1. The first-order valence-corrected chi connectivity index (χ1v) is 7.27. The molecule has 5 nitrogen and oxygen atoms in total. The Balaban J connectivity index is 2.05. The van der Waals surface area contributed by atoms with E-state index in [0.29, 0.717) is 6.54 Å². The Morgan fingerprint density at radius 2 is 1.95 bits per heavy atom. The van der Waals surface area contributed by atoms with Gasteiger partial charge in [0.1, 0.15) is 11.4 Å². The summed E-state index contributed by atoms with van der Waals surface area (Å²) in [6.45, 7) is 11.0. The van der Waals surface area contributed by atoms with Crippen LogP contribution < -0.4 is 10.1 Å². The molecule has 0 unspecified atom stereocenters. The van der Waals surface area contributed by atoms with E-state index >= 15 is 0 Å². The highest BCUT2D eigenvalue weighted by molar-refractivity contribution is 5.56. The molecule has 0 amide bonds. The van der Waals surface area contributed by atoms with E-state index in [9.17, 15) is 0 Å². The van der Waals surface area contributed by atoms with Gasteiger partial charge in [-0.25, -0.2) is 4.68 Å². The fraction of sp³-hybridized carbons (Fsp3) is 0.500. The number of nitrogens with one attached hydrogen (secondary N) is 1. The van der Waals surface area contributed by atoms with Crippen molar-refractivity contribution in [2.24, 2.45) is 0 Å². The molecule has 0 radical (unpaired) electrons. The first-order valence-electron chi connectivity index (χ1n) is 7.27. The van der Waals surface area contributed by atoms with E-state index in [4.69, 9.17) is 4.74 Å². The molecule has 0 aliphatic heterocycles. The summed E-state index contributed by atoms with van der Waals surface area (Å²) in [6, 6.07) is 7.93. The smallest absolute Gasteiger partial charge is 0.142 e. The first-order chi connectivity index (χ1) is 9.86. The molecule has 2 aromatic rings. The van der Waals surface area contributed by atoms with Crippen LogP contribution in [0.2, 0.25) is 0 Å². The second kappa shape index (κ2) is 6.16. The van der Waals surface area contributed by atoms with Crippen molar-refractivity contribution >= 4 is 5.69 Å². The summed E-state index contributed by atoms with van der Waals surface area (Å²) in [5.41, 5.74) is 1.82. The summed E-state index contributed by atoms with van der Waals surface area (Å²) in [5, 5.41) is 11.7. The van der Waals surface area contributed by atoms with Crippen molar-refractivity contribution in [1.82, 2.24) is 15.0 Å². The van der Waals surface area contributed by atoms with Crippen molar-refractivity contribution in [3.63, 3.8) is 0 Å². The number of hydrogen-bond donors (Lipinski definition) is 1. The fourth-order valence-electron chi connectivity index (χ4n) is 1.86. The molecule has 1 N–H and O–H groups in total. The van der Waals surface area contributed by atoms with Crippen molar-refractivity contribution in [1.29, 1.82) is 0 Å². The average Bonchev–Trinajstić information content (AvgIpc) is 2.86. The Kier molecular flexibility index (Phi) is 4.50. The van der Waals surface area contributed by atoms with Crippen LogP contribution in [0.1, 0.15) is 40.3 Å². The number of ether oxygens (including phenoxy) is 1. The van der Waals surface area contributed by atoms with Crippen molar-refractivity contribution in [3.8, 4) is 5.75 Å². The predicted octanol–water partition coefficient (Wildman–Crippen LogP) is 3.43. The van der Waals surface area contributed by atoms with E-state index in [-0.39, 0.29) is 11.6 Å². The number of anilines is 1. The second-order valence-corrected chi connectivity index (χ2v) is 6.34. The topological polar surface area (TPSA) is 52.0 Å². The van der Waals surface area contributed by atoms with Crippen LogP contribution in [0, 0.1) is 0 Å². The van der Waals surface area contributed by atoms with Crippen LogP contribution in [0.4, 0.5) is 5.69 Å². The van der Waals surface area contributed by atoms with Crippen LogP contribution in [0.3, 0.4) is 0 Å². The molecular formula is C16H24N4O. The quantitative estimate of drug-likeness (QED) is 0.915. The Hall–Kier alpha value is -2.04. The molecule has 0 atom stereocenters. The fourth-order valence-corrected chi connectivity index (χ4v) is 1.86. The van der Waals surface area contributed by atoms with E-state index in [1.165, 1.54) is 0 Å². The van der Waals surface area contributed by atoms with E-state index in [0.717, 1.165) is 17.1 Å². The summed E-state index contributed by atoms with van der Waals surface area (Å²) in [4.78, 5) is 0. The molecule has 0 saturated carbocycles. The zero-order chi connectivity index (χ0) is 15.5. The zero-order valence-corrected chi connectivity index (χ0v) is 13.4. The third kappa shape index (κ3) is 4.21. The maximum atomic E-state index is 5.79. The average molecular weight is 288 g/mol. The third-order valence-corrected chi connectivity index (χ3v) is 2.94. The highest BCUT2D eigenvalue weighted by atomic mass is 16.5. The molecule has 1 aromatic heterocycles. The summed E-state index contributed by atoms with van der Waals surface area (Å²) in [5.74, 6) is 0.857. The maximum absolute atomic E-state index is 5.79. The van der Waals surface area contributed by atoms with E-state index in [2.05, 4.69) is 36.4 Å². The van der Waals surface area contributed by atoms with Gasteiger partial charge in [-0.15, -0.1) is 5.10 Å². The molecule has 0 spiro atoms. The highest BCUT2D eigenvalue weighted by Gasteiger charge is 2.15. The van der Waals surface area contributed by atoms with E-state index in [1.54, 1.807) is 0 Å². The number of hydrogen-bond acceptors (Lipinski definition) is 4. The van der Waals surface area contributed by atoms with Gasteiger partial charge in [-0.3, -0.25) is 0 Å². The molecule has 21 heavy (non-hydrogen) atoms. The summed E-state index contributed by atoms with van der Waals surface area (Å²) in [7, 11) is 0. The molecule has 0 aliphatic rings. The lowest BCUT2D eigenvalue weighted by Crippen LogP contribution is -2.22. The van der Waals surface area contributed by atoms with Crippen LogP contribution in [-0.4, -0.2) is 21.1 Å². The van der Waals surface area contributed by atoms with Gasteiger partial charge in [0.05, 0.1) is 30.1 Å². The lowest BCUT2D eigenvalue weighted by atomic mass is 10.1. The molecule has 114 valence electrons. The third-order valence-electron chi connectivity index (χ3n) is 2.94. The van der Waals surface area contributed by atoms with Crippen LogP contribution in [0.15, 0.2) is 30.5 Å². The van der Waals surface area contributed by atoms with Gasteiger partial charge < -0.3 is 10.1 Å². The van der Waals surface area contributed by atoms with Gasteiger partial charge in [-0.1, -0.05) is 17.3 Å². The van der Waals surface area contributed by atoms with Gasteiger partial charge in [0.25, 0.3) is 0 Å². The molecule has 1 heterocycles. The van der Waals surface area contributed by atoms with Gasteiger partial charge in [0, 0.05) is 0 Å². The SMILES string of the molecule is CC(C)Oc1ccccc1NCc1cn(C(C)(C)C)nn1. The summed E-state index contributed by atoms with van der Waals surface area (Å²) in [6.07, 6.45) is 2.12. The van der Waals surface area contributed by atoms with Crippen molar-refractivity contribution in [2.75, 3.05) is 5.32 Å². The molecule has 0 saturated heterocycles. The van der Waals surface area contributed by atoms with Crippen LogP contribution in [0.25, 0.3) is 0 Å². The number of nitrogens with zero attached hydrogens (tertiary/aromatic N) is 3. The van der Waals surface area contributed by atoms with Crippen LogP contribution in [0.5, 0.6) is 5.75 Å². The van der Waals surface area contributed by atoms with E-state index in [1.807, 2.05) is 49.0 Å². The monoisotopic (exact) mass is 288 g/mol. The maximum Gasteiger partial charge on any atom is 0.142 e. The molecule has 0 bridgehead atoms. The molecule has 0 aliphatic carbocycles. The minimum atomic E-state index is -0.0517. The van der Waals surface area contributed by atoms with Gasteiger partial charge in [0.2, 0.25) is 0 Å². The normalized spacial score (nSPS) is 11.7. The van der Waals surface area contributed by atoms with Crippen molar-refractivity contribution < 1.29 is 4.74 Å². The summed E-state index contributed by atoms with van der Waals surface area (Å²) >= 11 is 0. The number of rotatable bonds is 5. The lowest BCUT2D eigenvalue weighted by molar-refractivity contribution is 0.243. The predicted molar refractivity (Wildman–Crippen MR) is 84.6 cm³/mol. The summed E-state index contributed by atoms with van der Waals surface area (Å²) < 4.78 is 7.67. The van der Waals surface area contributed by atoms with Crippen molar-refractivity contribution in [3.05, 3.63) is 36.2 Å². The molecular weight excluding hydrogens is 264 g/mol. The number of para-hydroxylation sites is 2. The van der Waals surface area contributed by atoms with Gasteiger partial charge in [-0.05, 0) is 46.8 Å².